The highest BCUT2D eigenvalue weighted by molar-refractivity contribution is 6.07. The van der Waals surface area contributed by atoms with Crippen LogP contribution in [0.3, 0.4) is 0 Å². The molecule has 0 unspecified atom stereocenters. The van der Waals surface area contributed by atoms with Crippen molar-refractivity contribution < 1.29 is 14.3 Å². The molecule has 3 heterocycles. The first kappa shape index (κ1) is 23.3. The molecule has 36 heavy (non-hydrogen) atoms. The number of nitrogens with one attached hydrogen (secondary N) is 1. The van der Waals surface area contributed by atoms with Crippen LogP contribution in [0.2, 0.25) is 0 Å². The molecular weight excluding hydrogens is 456 g/mol. The molecule has 0 bridgehead atoms. The van der Waals surface area contributed by atoms with Gasteiger partial charge in [0.2, 0.25) is 5.95 Å². The van der Waals surface area contributed by atoms with Gasteiger partial charge in [-0.25, -0.2) is 15.0 Å². The number of amides is 1. The first-order valence-electron chi connectivity index (χ1n) is 11.8. The van der Waals surface area contributed by atoms with Gasteiger partial charge in [0.15, 0.2) is 0 Å². The number of hydrogen-bond acceptors (Lipinski definition) is 8. The van der Waals surface area contributed by atoms with Gasteiger partial charge in [0.05, 0.1) is 25.3 Å². The fourth-order valence-electron chi connectivity index (χ4n) is 4.39. The molecular formula is C27H28N6O3. The quantitative estimate of drug-likeness (QED) is 0.440. The number of carbonyl (C=O) groups excluding carboxylic acids is 1. The third-order valence-corrected chi connectivity index (χ3v) is 6.35. The van der Waals surface area contributed by atoms with Crippen molar-refractivity contribution in [2.24, 2.45) is 0 Å². The number of aryl methyl sites for hydroxylation is 1. The van der Waals surface area contributed by atoms with Gasteiger partial charge in [-0.05, 0) is 55.0 Å². The summed E-state index contributed by atoms with van der Waals surface area (Å²) in [6, 6.07) is 14.8. The maximum Gasteiger partial charge on any atom is 0.259 e. The lowest BCUT2D eigenvalue weighted by molar-refractivity contribution is 0.102. The van der Waals surface area contributed by atoms with Gasteiger partial charge in [0.25, 0.3) is 5.91 Å². The van der Waals surface area contributed by atoms with Crippen LogP contribution in [0.5, 0.6) is 11.5 Å². The Labute approximate surface area is 209 Å². The summed E-state index contributed by atoms with van der Waals surface area (Å²) in [6.45, 7) is 5.42. The molecule has 9 nitrogen and oxygen atoms in total. The predicted molar refractivity (Wildman–Crippen MR) is 140 cm³/mol. The number of pyridine rings is 1. The summed E-state index contributed by atoms with van der Waals surface area (Å²) in [6.07, 6.45) is 3.54. The van der Waals surface area contributed by atoms with Crippen LogP contribution in [0.15, 0.2) is 60.9 Å². The summed E-state index contributed by atoms with van der Waals surface area (Å²) >= 11 is 0. The second-order valence-corrected chi connectivity index (χ2v) is 8.57. The van der Waals surface area contributed by atoms with Crippen molar-refractivity contribution in [3.05, 3.63) is 72.1 Å². The Kier molecular flexibility index (Phi) is 6.53. The lowest BCUT2D eigenvalue weighted by atomic mass is 10.1. The molecule has 2 aromatic heterocycles. The van der Waals surface area contributed by atoms with Gasteiger partial charge in [-0.3, -0.25) is 4.79 Å². The molecule has 5 rings (SSSR count). The number of piperazine rings is 1. The normalized spacial score (nSPS) is 13.5. The van der Waals surface area contributed by atoms with E-state index in [1.54, 1.807) is 37.7 Å². The van der Waals surface area contributed by atoms with Gasteiger partial charge in [-0.1, -0.05) is 0 Å². The molecule has 1 aliphatic rings. The first-order valence-corrected chi connectivity index (χ1v) is 11.8. The molecule has 0 aliphatic carbocycles. The summed E-state index contributed by atoms with van der Waals surface area (Å²) in [4.78, 5) is 31.0. The molecule has 1 amide bonds. The van der Waals surface area contributed by atoms with Gasteiger partial charge in [-0.2, -0.15) is 0 Å². The van der Waals surface area contributed by atoms with Crippen molar-refractivity contribution in [2.75, 3.05) is 55.5 Å². The van der Waals surface area contributed by atoms with Crippen LogP contribution in [-0.2, 0) is 0 Å². The molecule has 1 N–H and O–H groups in total. The van der Waals surface area contributed by atoms with E-state index in [-0.39, 0.29) is 5.91 Å². The van der Waals surface area contributed by atoms with Gasteiger partial charge in [-0.15, -0.1) is 0 Å². The van der Waals surface area contributed by atoms with Crippen molar-refractivity contribution in [3.63, 3.8) is 0 Å². The summed E-state index contributed by atoms with van der Waals surface area (Å²) < 4.78 is 10.6. The Morgan fingerprint density at radius 2 is 1.67 bits per heavy atom. The van der Waals surface area contributed by atoms with Gasteiger partial charge >= 0.3 is 0 Å². The van der Waals surface area contributed by atoms with Crippen LogP contribution in [0.1, 0.15) is 15.9 Å². The minimum Gasteiger partial charge on any atom is -0.497 e. The zero-order valence-electron chi connectivity index (χ0n) is 20.6. The summed E-state index contributed by atoms with van der Waals surface area (Å²) in [7, 11) is 3.11. The van der Waals surface area contributed by atoms with E-state index >= 15 is 0 Å². The average molecular weight is 485 g/mol. The van der Waals surface area contributed by atoms with Gasteiger partial charge in [0, 0.05) is 55.7 Å². The minimum atomic E-state index is -0.253. The molecule has 0 atom stereocenters. The number of methoxy groups -OCH3 is 2. The van der Waals surface area contributed by atoms with E-state index in [1.165, 1.54) is 7.11 Å². The monoisotopic (exact) mass is 484 g/mol. The number of hydrogen-bond donors (Lipinski definition) is 1. The van der Waals surface area contributed by atoms with Crippen LogP contribution in [0.4, 0.5) is 17.5 Å². The van der Waals surface area contributed by atoms with Gasteiger partial charge in [0.1, 0.15) is 17.3 Å². The van der Waals surface area contributed by atoms with Crippen LogP contribution in [0.25, 0.3) is 10.9 Å². The molecule has 9 heteroatoms. The maximum atomic E-state index is 12.9. The zero-order chi connectivity index (χ0) is 25.1. The third-order valence-electron chi connectivity index (χ3n) is 6.35. The Balaban J connectivity index is 1.32. The molecule has 0 spiro atoms. The molecule has 1 fully saturated rings. The zero-order valence-corrected chi connectivity index (χ0v) is 20.6. The molecule has 2 aromatic carbocycles. The van der Waals surface area contributed by atoms with E-state index in [9.17, 15) is 4.79 Å². The van der Waals surface area contributed by atoms with E-state index in [2.05, 4.69) is 38.1 Å². The van der Waals surface area contributed by atoms with Crippen LogP contribution in [0, 0.1) is 6.92 Å². The maximum absolute atomic E-state index is 12.9. The topological polar surface area (TPSA) is 92.7 Å². The van der Waals surface area contributed by atoms with Crippen molar-refractivity contribution in [1.29, 1.82) is 0 Å². The Bertz CT molecular complexity index is 1390. The number of ether oxygens (including phenoxy) is 2. The fourth-order valence-corrected chi connectivity index (χ4v) is 4.39. The Hall–Kier alpha value is -4.40. The van der Waals surface area contributed by atoms with E-state index < -0.39 is 0 Å². The second-order valence-electron chi connectivity index (χ2n) is 8.57. The van der Waals surface area contributed by atoms with Crippen LogP contribution >= 0.6 is 0 Å². The van der Waals surface area contributed by atoms with Crippen molar-refractivity contribution in [3.8, 4) is 11.5 Å². The van der Waals surface area contributed by atoms with E-state index in [0.29, 0.717) is 22.7 Å². The smallest absolute Gasteiger partial charge is 0.259 e. The number of aromatic nitrogens is 3. The van der Waals surface area contributed by atoms with Crippen LogP contribution in [-0.4, -0.2) is 61.3 Å². The number of nitrogens with zero attached hydrogens (tertiary/aromatic N) is 5. The summed E-state index contributed by atoms with van der Waals surface area (Å²) in [5.41, 5.74) is 3.11. The van der Waals surface area contributed by atoms with E-state index in [4.69, 9.17) is 14.5 Å². The highest BCUT2D eigenvalue weighted by Gasteiger charge is 2.21. The molecule has 184 valence electrons. The van der Waals surface area contributed by atoms with E-state index in [1.807, 2.05) is 24.3 Å². The van der Waals surface area contributed by atoms with E-state index in [0.717, 1.165) is 54.4 Å². The molecule has 0 saturated carbocycles. The largest absolute Gasteiger partial charge is 0.497 e. The number of rotatable bonds is 6. The minimum absolute atomic E-state index is 0.253. The molecule has 1 saturated heterocycles. The molecule has 1 aliphatic heterocycles. The highest BCUT2D eigenvalue weighted by Crippen LogP contribution is 2.28. The average Bonchev–Trinajstić information content (AvgIpc) is 2.93. The van der Waals surface area contributed by atoms with Crippen molar-refractivity contribution in [2.45, 2.75) is 6.92 Å². The number of benzene rings is 2. The predicted octanol–water partition coefficient (Wildman–Crippen LogP) is 3.93. The fraction of sp³-hybridized carbons (Fsp3) is 0.259. The number of anilines is 3. The second kappa shape index (κ2) is 10.1. The number of carbonyl (C=O) groups is 1. The van der Waals surface area contributed by atoms with Gasteiger partial charge < -0.3 is 24.6 Å². The lowest BCUT2D eigenvalue weighted by Crippen LogP contribution is -2.47. The lowest BCUT2D eigenvalue weighted by Gasteiger charge is -2.35. The number of fused-ring (bicyclic) bond motifs is 1. The van der Waals surface area contributed by atoms with Crippen LogP contribution < -0.4 is 24.6 Å². The summed E-state index contributed by atoms with van der Waals surface area (Å²) in [5.74, 6) is 2.54. The highest BCUT2D eigenvalue weighted by atomic mass is 16.5. The van der Waals surface area contributed by atoms with Crippen molar-refractivity contribution >= 4 is 34.3 Å². The molecule has 0 radical (unpaired) electrons. The Morgan fingerprint density at radius 3 is 2.39 bits per heavy atom. The Morgan fingerprint density at radius 1 is 0.917 bits per heavy atom. The van der Waals surface area contributed by atoms with Crippen molar-refractivity contribution in [1.82, 2.24) is 15.0 Å². The molecule has 4 aromatic rings. The summed E-state index contributed by atoms with van der Waals surface area (Å²) in [5, 5.41) is 3.97. The SMILES string of the molecule is COc1ccc(C(=O)Nc2ccc3nc(N4CCN(c5ncccn5)CC4)cc(C)c3c2)c(OC)c1. The standard InChI is InChI=1S/C27H28N6O3/c1-18-15-25(32-11-13-33(14-12-32)27-28-9-4-10-29-27)31-23-8-5-19(16-22(18)23)30-26(34)21-7-6-20(35-2)17-24(21)36-3/h4-10,15-17H,11-14H2,1-3H3,(H,30,34). The third kappa shape index (κ3) is 4.72. The first-order chi connectivity index (χ1) is 17.6.